The van der Waals surface area contributed by atoms with E-state index in [1.807, 2.05) is 20.8 Å². The van der Waals surface area contributed by atoms with Crippen molar-refractivity contribution < 1.29 is 9.53 Å². The van der Waals surface area contributed by atoms with Crippen LogP contribution in [0.3, 0.4) is 0 Å². The highest BCUT2D eigenvalue weighted by Crippen LogP contribution is 2.28. The molecule has 0 aromatic heterocycles. The van der Waals surface area contributed by atoms with Crippen LogP contribution in [0, 0.1) is 5.92 Å². The topological polar surface area (TPSA) is 50.4 Å². The van der Waals surface area contributed by atoms with Crippen LogP contribution in [0.25, 0.3) is 0 Å². The van der Waals surface area contributed by atoms with Gasteiger partial charge in [-0.05, 0) is 72.1 Å². The molecule has 2 aliphatic carbocycles. The number of amides is 1. The number of ether oxygens (including phenoxy) is 1. The fourth-order valence-corrected chi connectivity index (χ4v) is 4.02. The predicted octanol–water partition coefficient (Wildman–Crippen LogP) is 4.38. The maximum Gasteiger partial charge on any atom is 0.407 e. The number of nitrogens with one attached hydrogen (secondary N) is 2. The Morgan fingerprint density at radius 3 is 2.09 bits per heavy atom. The van der Waals surface area contributed by atoms with Gasteiger partial charge in [-0.25, -0.2) is 4.79 Å². The highest BCUT2D eigenvalue weighted by molar-refractivity contribution is 5.68. The minimum absolute atomic E-state index is 0.271. The normalized spacial score (nSPS) is 28.2. The summed E-state index contributed by atoms with van der Waals surface area (Å²) in [5.74, 6) is 0.862. The van der Waals surface area contributed by atoms with Crippen LogP contribution in [0.15, 0.2) is 0 Å². The van der Waals surface area contributed by atoms with Gasteiger partial charge in [0.05, 0.1) is 0 Å². The number of alkyl carbamates (subject to hydrolysis) is 1. The van der Waals surface area contributed by atoms with Gasteiger partial charge < -0.3 is 15.4 Å². The molecule has 4 heteroatoms. The second-order valence-electron chi connectivity index (χ2n) is 8.55. The van der Waals surface area contributed by atoms with Gasteiger partial charge in [0.2, 0.25) is 0 Å². The minimum atomic E-state index is -0.418. The first kappa shape index (κ1) is 18.6. The fraction of sp³-hybridized carbons (Fsp3) is 0.947. The number of rotatable bonds is 4. The van der Waals surface area contributed by atoms with Gasteiger partial charge in [0, 0.05) is 18.1 Å². The van der Waals surface area contributed by atoms with Crippen molar-refractivity contribution >= 4 is 6.09 Å². The van der Waals surface area contributed by atoms with Gasteiger partial charge in [-0.3, -0.25) is 0 Å². The number of hydrogen-bond donors (Lipinski definition) is 2. The molecule has 2 rings (SSSR count). The summed E-state index contributed by atoms with van der Waals surface area (Å²) in [7, 11) is 0. The predicted molar refractivity (Wildman–Crippen MR) is 94.6 cm³/mol. The Kier molecular flexibility index (Phi) is 6.75. The summed E-state index contributed by atoms with van der Waals surface area (Å²) in [6, 6.07) is 1.52. The van der Waals surface area contributed by atoms with Crippen molar-refractivity contribution in [3.63, 3.8) is 0 Å². The summed E-state index contributed by atoms with van der Waals surface area (Å²) in [5, 5.41) is 6.88. The average molecular weight is 325 g/mol. The molecule has 2 N–H and O–H groups in total. The second-order valence-corrected chi connectivity index (χ2v) is 8.55. The van der Waals surface area contributed by atoms with Crippen LogP contribution in [0.4, 0.5) is 4.79 Å². The smallest absolute Gasteiger partial charge is 0.407 e. The third kappa shape index (κ3) is 6.70. The lowest BCUT2D eigenvalue weighted by Gasteiger charge is -2.35. The lowest BCUT2D eigenvalue weighted by atomic mass is 9.83. The lowest BCUT2D eigenvalue weighted by molar-refractivity contribution is 0.0488. The zero-order chi connectivity index (χ0) is 16.9. The van der Waals surface area contributed by atoms with E-state index in [1.165, 1.54) is 32.1 Å². The monoisotopic (exact) mass is 324 g/mol. The lowest BCUT2D eigenvalue weighted by Crippen LogP contribution is -2.47. The van der Waals surface area contributed by atoms with Crippen molar-refractivity contribution in [3.8, 4) is 0 Å². The summed E-state index contributed by atoms with van der Waals surface area (Å²) >= 11 is 0. The van der Waals surface area contributed by atoms with Crippen molar-refractivity contribution in [1.29, 1.82) is 0 Å². The zero-order valence-electron chi connectivity index (χ0n) is 15.5. The van der Waals surface area contributed by atoms with E-state index in [0.29, 0.717) is 12.1 Å². The van der Waals surface area contributed by atoms with E-state index in [0.717, 1.165) is 31.6 Å². The van der Waals surface area contributed by atoms with Crippen molar-refractivity contribution in [2.45, 2.75) is 109 Å². The SMILES string of the molecule is C[C@@H](NC1CCC(NC(=O)OC(C)(C)C)CC1)C1CCCCC1. The van der Waals surface area contributed by atoms with Crippen LogP contribution in [0.2, 0.25) is 0 Å². The van der Waals surface area contributed by atoms with E-state index in [2.05, 4.69) is 17.6 Å². The maximum absolute atomic E-state index is 11.8. The zero-order valence-corrected chi connectivity index (χ0v) is 15.5. The Morgan fingerprint density at radius 1 is 0.957 bits per heavy atom. The molecule has 0 saturated heterocycles. The molecule has 0 radical (unpaired) electrons. The highest BCUT2D eigenvalue weighted by atomic mass is 16.6. The molecular formula is C19H36N2O2. The van der Waals surface area contributed by atoms with Crippen LogP contribution in [-0.4, -0.2) is 29.8 Å². The Hall–Kier alpha value is -0.770. The Labute approximate surface area is 142 Å². The molecule has 134 valence electrons. The number of hydrogen-bond acceptors (Lipinski definition) is 3. The molecule has 0 spiro atoms. The largest absolute Gasteiger partial charge is 0.444 e. The first-order valence-corrected chi connectivity index (χ1v) is 9.59. The Bertz CT molecular complexity index is 364. The van der Waals surface area contributed by atoms with Gasteiger partial charge in [-0.1, -0.05) is 19.3 Å². The summed E-state index contributed by atoms with van der Waals surface area (Å²) < 4.78 is 5.35. The molecular weight excluding hydrogens is 288 g/mol. The summed E-state index contributed by atoms with van der Waals surface area (Å²) in [6.45, 7) is 8.07. The molecule has 0 heterocycles. The van der Waals surface area contributed by atoms with Crippen LogP contribution in [0.1, 0.15) is 85.5 Å². The van der Waals surface area contributed by atoms with Gasteiger partial charge in [0.1, 0.15) is 5.60 Å². The second kappa shape index (κ2) is 8.36. The van der Waals surface area contributed by atoms with Gasteiger partial charge in [-0.2, -0.15) is 0 Å². The quantitative estimate of drug-likeness (QED) is 0.807. The van der Waals surface area contributed by atoms with Crippen LogP contribution in [0.5, 0.6) is 0 Å². The maximum atomic E-state index is 11.8. The molecule has 0 aliphatic heterocycles. The van der Waals surface area contributed by atoms with E-state index in [-0.39, 0.29) is 12.1 Å². The molecule has 1 amide bonds. The molecule has 2 aliphatic rings. The van der Waals surface area contributed by atoms with Gasteiger partial charge >= 0.3 is 6.09 Å². The summed E-state index contributed by atoms with van der Waals surface area (Å²) in [6.07, 6.45) is 11.1. The Balaban J connectivity index is 1.66. The van der Waals surface area contributed by atoms with Crippen LogP contribution in [-0.2, 0) is 4.74 Å². The third-order valence-corrected chi connectivity index (χ3v) is 5.30. The van der Waals surface area contributed by atoms with E-state index in [9.17, 15) is 4.79 Å². The van der Waals surface area contributed by atoms with Crippen LogP contribution < -0.4 is 10.6 Å². The van der Waals surface area contributed by atoms with Crippen molar-refractivity contribution in [2.75, 3.05) is 0 Å². The summed E-state index contributed by atoms with van der Waals surface area (Å²) in [4.78, 5) is 11.8. The number of carbonyl (C=O) groups is 1. The van der Waals surface area contributed by atoms with E-state index >= 15 is 0 Å². The average Bonchev–Trinajstić information content (AvgIpc) is 2.48. The molecule has 0 aromatic rings. The fourth-order valence-electron chi connectivity index (χ4n) is 4.02. The highest BCUT2D eigenvalue weighted by Gasteiger charge is 2.27. The molecule has 0 bridgehead atoms. The van der Waals surface area contributed by atoms with Crippen molar-refractivity contribution in [1.82, 2.24) is 10.6 Å². The first-order chi connectivity index (χ1) is 10.8. The van der Waals surface area contributed by atoms with E-state index in [1.54, 1.807) is 0 Å². The molecule has 1 atom stereocenters. The first-order valence-electron chi connectivity index (χ1n) is 9.59. The van der Waals surface area contributed by atoms with Gasteiger partial charge in [0.15, 0.2) is 0 Å². The molecule has 4 nitrogen and oxygen atoms in total. The van der Waals surface area contributed by atoms with Gasteiger partial charge in [0.25, 0.3) is 0 Å². The molecule has 2 fully saturated rings. The molecule has 23 heavy (non-hydrogen) atoms. The minimum Gasteiger partial charge on any atom is -0.444 e. The standard InChI is InChI=1S/C19H36N2O2/c1-14(15-8-6-5-7-9-15)20-16-10-12-17(13-11-16)21-18(22)23-19(2,3)4/h14-17,20H,5-13H2,1-4H3,(H,21,22)/t14-,16?,17?/m1/s1. The van der Waals surface area contributed by atoms with E-state index < -0.39 is 5.60 Å². The molecule has 2 saturated carbocycles. The molecule has 0 unspecified atom stereocenters. The third-order valence-electron chi connectivity index (χ3n) is 5.30. The van der Waals surface area contributed by atoms with Crippen molar-refractivity contribution in [3.05, 3.63) is 0 Å². The summed E-state index contributed by atoms with van der Waals surface area (Å²) in [5.41, 5.74) is -0.418. The number of carbonyl (C=O) groups excluding carboxylic acids is 1. The Morgan fingerprint density at radius 2 is 1.52 bits per heavy atom. The van der Waals surface area contributed by atoms with Crippen LogP contribution >= 0.6 is 0 Å². The molecule has 0 aromatic carbocycles. The van der Waals surface area contributed by atoms with Gasteiger partial charge in [-0.15, -0.1) is 0 Å². The van der Waals surface area contributed by atoms with Crippen molar-refractivity contribution in [2.24, 2.45) is 5.92 Å². The van der Waals surface area contributed by atoms with E-state index in [4.69, 9.17) is 4.74 Å².